The molecule has 10 heteroatoms. The number of likely N-dealkylation sites (tertiary alicyclic amines) is 1. The van der Waals surface area contributed by atoms with Crippen LogP contribution in [0.25, 0.3) is 0 Å². The van der Waals surface area contributed by atoms with Gasteiger partial charge < -0.3 is 25.4 Å². The number of fused-ring (bicyclic) bond motifs is 1. The molecule has 1 aromatic carbocycles. The zero-order valence-electron chi connectivity index (χ0n) is 20.5. The number of benzene rings is 1. The summed E-state index contributed by atoms with van der Waals surface area (Å²) in [6.07, 6.45) is 1.13. The number of halogens is 1. The Morgan fingerprint density at radius 1 is 1.26 bits per heavy atom. The Hall–Kier alpha value is -1.78. The first-order valence-electron chi connectivity index (χ1n) is 12.3. The quantitative estimate of drug-likeness (QED) is 0.396. The van der Waals surface area contributed by atoms with Crippen molar-refractivity contribution in [2.75, 3.05) is 18.5 Å². The highest BCUT2D eigenvalue weighted by molar-refractivity contribution is 9.09. The van der Waals surface area contributed by atoms with Crippen LogP contribution in [0.3, 0.4) is 0 Å². The second kappa shape index (κ2) is 10.3. The summed E-state index contributed by atoms with van der Waals surface area (Å²) in [5.41, 5.74) is 0.629. The zero-order chi connectivity index (χ0) is 25.5. The molecule has 3 aliphatic rings. The minimum atomic E-state index is -0.738. The summed E-state index contributed by atoms with van der Waals surface area (Å²) in [7, 11) is 0. The van der Waals surface area contributed by atoms with Crippen LogP contribution in [-0.2, 0) is 14.4 Å². The lowest BCUT2D eigenvalue weighted by atomic mass is 9.70. The van der Waals surface area contributed by atoms with Crippen LogP contribution in [0.5, 0.6) is 5.75 Å². The van der Waals surface area contributed by atoms with Gasteiger partial charge in [0.2, 0.25) is 17.7 Å². The number of hydrogen-bond donors (Lipinski definition) is 3. The molecular weight excluding hydrogens is 534 g/mol. The van der Waals surface area contributed by atoms with E-state index in [2.05, 4.69) is 26.6 Å². The number of amides is 3. The molecule has 3 unspecified atom stereocenters. The molecule has 0 aliphatic carbocycles. The molecule has 3 N–H and O–H groups in total. The highest BCUT2D eigenvalue weighted by Crippen LogP contribution is 2.68. The van der Waals surface area contributed by atoms with Gasteiger partial charge in [-0.15, -0.1) is 11.8 Å². The summed E-state index contributed by atoms with van der Waals surface area (Å²) in [5.74, 6) is -1.15. The van der Waals surface area contributed by atoms with Crippen LogP contribution in [0.15, 0.2) is 24.3 Å². The van der Waals surface area contributed by atoms with Crippen LogP contribution >= 0.6 is 27.7 Å². The van der Waals surface area contributed by atoms with Crippen molar-refractivity contribution < 1.29 is 24.2 Å². The van der Waals surface area contributed by atoms with E-state index in [1.807, 2.05) is 27.7 Å². The number of hydrogen-bond acceptors (Lipinski definition) is 6. The zero-order valence-corrected chi connectivity index (χ0v) is 22.9. The van der Waals surface area contributed by atoms with E-state index in [9.17, 15) is 19.5 Å². The first-order valence-corrected chi connectivity index (χ1v) is 14.1. The fourth-order valence-corrected chi connectivity index (χ4v) is 9.46. The van der Waals surface area contributed by atoms with Gasteiger partial charge in [0.15, 0.2) is 0 Å². The average molecular weight is 569 g/mol. The van der Waals surface area contributed by atoms with Crippen molar-refractivity contribution >= 4 is 51.1 Å². The molecule has 2 bridgehead atoms. The van der Waals surface area contributed by atoms with Gasteiger partial charge in [0.25, 0.3) is 0 Å². The standard InChI is InChI=1S/C25H34BrN3O5S/c1-5-15(12-30)29-21(23(32)27-13(3)4)25-11-17(26)20(35-25)18(19(25)24(29)33)22(31)28-14-7-9-16(10-8-14)34-6-2/h7-10,13,15,17-21,30H,5-6,11-12H2,1-4H3,(H,27,32)(H,28,31)/t15-,17?,18+,19-,20+,21?,25?/m0/s1. The molecule has 192 valence electrons. The van der Waals surface area contributed by atoms with Gasteiger partial charge in [0.05, 0.1) is 35.8 Å². The maximum absolute atomic E-state index is 13.9. The normalized spacial score (nSPS) is 32.0. The molecule has 0 saturated carbocycles. The van der Waals surface area contributed by atoms with E-state index in [0.717, 1.165) is 5.75 Å². The summed E-state index contributed by atoms with van der Waals surface area (Å²) < 4.78 is 4.75. The maximum Gasteiger partial charge on any atom is 0.244 e. The molecule has 3 fully saturated rings. The summed E-state index contributed by atoms with van der Waals surface area (Å²) >= 11 is 5.35. The lowest BCUT2D eigenvalue weighted by molar-refractivity contribution is -0.142. The number of rotatable bonds is 9. The number of aliphatic hydroxyl groups is 1. The number of carbonyl (C=O) groups excluding carboxylic acids is 3. The monoisotopic (exact) mass is 567 g/mol. The van der Waals surface area contributed by atoms with Gasteiger partial charge in [0.1, 0.15) is 11.8 Å². The summed E-state index contributed by atoms with van der Waals surface area (Å²) in [4.78, 5) is 42.6. The summed E-state index contributed by atoms with van der Waals surface area (Å²) in [5, 5.41) is 15.9. The van der Waals surface area contributed by atoms with Gasteiger partial charge in [-0.25, -0.2) is 0 Å². The highest BCUT2D eigenvalue weighted by atomic mass is 79.9. The lowest BCUT2D eigenvalue weighted by Gasteiger charge is -2.37. The van der Waals surface area contributed by atoms with Crippen molar-refractivity contribution in [3.8, 4) is 5.75 Å². The molecule has 7 atom stereocenters. The molecule has 1 aromatic rings. The molecule has 0 radical (unpaired) electrons. The van der Waals surface area contributed by atoms with E-state index in [-0.39, 0.29) is 40.4 Å². The Balaban J connectivity index is 1.67. The van der Waals surface area contributed by atoms with Crippen molar-refractivity contribution in [1.82, 2.24) is 10.2 Å². The van der Waals surface area contributed by atoms with Crippen LogP contribution in [0.1, 0.15) is 40.5 Å². The largest absolute Gasteiger partial charge is 0.494 e. The predicted molar refractivity (Wildman–Crippen MR) is 140 cm³/mol. The molecule has 3 aliphatic heterocycles. The van der Waals surface area contributed by atoms with Crippen molar-refractivity contribution in [2.45, 2.75) is 73.5 Å². The molecule has 3 saturated heterocycles. The van der Waals surface area contributed by atoms with Gasteiger partial charge in [-0.05, 0) is 57.9 Å². The van der Waals surface area contributed by atoms with Crippen LogP contribution < -0.4 is 15.4 Å². The number of nitrogens with zero attached hydrogens (tertiary/aromatic N) is 1. The van der Waals surface area contributed by atoms with Gasteiger partial charge in [0, 0.05) is 21.8 Å². The van der Waals surface area contributed by atoms with Crippen LogP contribution in [-0.4, -0.2) is 73.9 Å². The van der Waals surface area contributed by atoms with Crippen molar-refractivity contribution in [3.63, 3.8) is 0 Å². The number of alkyl halides is 1. The molecule has 0 aromatic heterocycles. The van der Waals surface area contributed by atoms with Crippen LogP contribution in [0, 0.1) is 11.8 Å². The van der Waals surface area contributed by atoms with Crippen LogP contribution in [0.2, 0.25) is 0 Å². The number of carbonyl (C=O) groups is 3. The Bertz CT molecular complexity index is 972. The van der Waals surface area contributed by atoms with Gasteiger partial charge in [-0.3, -0.25) is 14.4 Å². The van der Waals surface area contributed by atoms with E-state index in [1.54, 1.807) is 40.9 Å². The predicted octanol–water partition coefficient (Wildman–Crippen LogP) is 2.78. The first kappa shape index (κ1) is 26.3. The Labute approximate surface area is 219 Å². The lowest BCUT2D eigenvalue weighted by Crippen LogP contribution is -2.57. The molecule has 1 spiro atoms. The second-order valence-corrected chi connectivity index (χ2v) is 12.5. The summed E-state index contributed by atoms with van der Waals surface area (Å²) in [6.45, 7) is 7.90. The number of nitrogens with one attached hydrogen (secondary N) is 2. The Morgan fingerprint density at radius 2 is 1.94 bits per heavy atom. The van der Waals surface area contributed by atoms with E-state index in [4.69, 9.17) is 4.74 Å². The average Bonchev–Trinajstić information content (AvgIpc) is 3.39. The third-order valence-electron chi connectivity index (χ3n) is 7.22. The third-order valence-corrected chi connectivity index (χ3v) is 10.4. The Kier molecular flexibility index (Phi) is 7.74. The van der Waals surface area contributed by atoms with Gasteiger partial charge >= 0.3 is 0 Å². The van der Waals surface area contributed by atoms with E-state index >= 15 is 0 Å². The topological polar surface area (TPSA) is 108 Å². The number of thioether (sulfide) groups is 1. The van der Waals surface area contributed by atoms with Crippen molar-refractivity contribution in [3.05, 3.63) is 24.3 Å². The smallest absolute Gasteiger partial charge is 0.244 e. The van der Waals surface area contributed by atoms with E-state index < -0.39 is 28.7 Å². The molecule has 3 amide bonds. The Morgan fingerprint density at radius 3 is 2.51 bits per heavy atom. The molecule has 4 rings (SSSR count). The minimum Gasteiger partial charge on any atom is -0.494 e. The van der Waals surface area contributed by atoms with E-state index in [1.165, 1.54) is 0 Å². The SMILES string of the molecule is CCOc1ccc(NC(=O)[C@H]2[C@@H]3SC4(CC3Br)C(C(=O)NC(C)C)N([C@@H](CC)CO)C(=O)[C@H]24)cc1. The first-order chi connectivity index (χ1) is 16.7. The molecule has 35 heavy (non-hydrogen) atoms. The second-order valence-electron chi connectivity index (χ2n) is 9.76. The fourth-order valence-electron chi connectivity index (χ4n) is 5.86. The minimum absolute atomic E-state index is 0.00358. The molecule has 8 nitrogen and oxygen atoms in total. The van der Waals surface area contributed by atoms with Crippen molar-refractivity contribution in [1.29, 1.82) is 0 Å². The number of anilines is 1. The highest BCUT2D eigenvalue weighted by Gasteiger charge is 2.76. The van der Waals surface area contributed by atoms with Gasteiger partial charge in [-0.1, -0.05) is 22.9 Å². The maximum atomic E-state index is 13.9. The number of aliphatic hydroxyl groups excluding tert-OH is 1. The van der Waals surface area contributed by atoms with Crippen molar-refractivity contribution in [2.24, 2.45) is 11.8 Å². The molecular formula is C25H34BrN3O5S. The van der Waals surface area contributed by atoms with Crippen LogP contribution in [0.4, 0.5) is 5.69 Å². The molecule has 3 heterocycles. The number of ether oxygens (including phenoxy) is 1. The van der Waals surface area contributed by atoms with E-state index in [0.29, 0.717) is 25.1 Å². The van der Waals surface area contributed by atoms with Gasteiger partial charge in [-0.2, -0.15) is 0 Å². The summed E-state index contributed by atoms with van der Waals surface area (Å²) in [6, 6.07) is 5.85. The fraction of sp³-hybridized carbons (Fsp3) is 0.640. The third kappa shape index (κ3) is 4.46.